The molecule has 2 aromatic carbocycles. The topological polar surface area (TPSA) is 86.5 Å². The molecule has 0 bridgehead atoms. The van der Waals surface area contributed by atoms with Crippen LogP contribution in [-0.4, -0.2) is 31.7 Å². The van der Waals surface area contributed by atoms with E-state index < -0.39 is 0 Å². The van der Waals surface area contributed by atoms with Crippen LogP contribution in [0.5, 0.6) is 11.5 Å². The van der Waals surface area contributed by atoms with Crippen molar-refractivity contribution < 1.29 is 14.3 Å². The van der Waals surface area contributed by atoms with Gasteiger partial charge in [-0.2, -0.15) is 0 Å². The minimum Gasteiger partial charge on any atom is -0.493 e. The number of amides is 1. The van der Waals surface area contributed by atoms with Gasteiger partial charge in [-0.1, -0.05) is 18.2 Å². The van der Waals surface area contributed by atoms with Gasteiger partial charge in [-0.25, -0.2) is 0 Å². The Balaban J connectivity index is 1.55. The summed E-state index contributed by atoms with van der Waals surface area (Å²) < 4.78 is 10.8. The lowest BCUT2D eigenvalue weighted by atomic mass is 9.85. The van der Waals surface area contributed by atoms with Crippen molar-refractivity contribution >= 4 is 22.5 Å². The van der Waals surface area contributed by atoms with Crippen molar-refractivity contribution in [2.75, 3.05) is 26.5 Å². The number of carbonyl (C=O) groups is 1. The normalized spacial score (nSPS) is 15.6. The number of carbonyl (C=O) groups excluding carboxylic acids is 1. The number of aromatic nitrogens is 1. The van der Waals surface area contributed by atoms with Crippen molar-refractivity contribution in [2.24, 2.45) is 5.92 Å². The highest BCUT2D eigenvalue weighted by Crippen LogP contribution is 2.38. The zero-order valence-electron chi connectivity index (χ0n) is 16.7. The molecule has 0 spiro atoms. The molecule has 1 amide bonds. The SMILES string of the molecule is COc1cc2nc3c(c(N)c2cc1OC)CCC(CNC(=O)c1ccccc1)C3. The van der Waals surface area contributed by atoms with E-state index >= 15 is 0 Å². The average molecular weight is 391 g/mol. The molecule has 6 nitrogen and oxygen atoms in total. The van der Waals surface area contributed by atoms with Gasteiger partial charge in [0.25, 0.3) is 5.91 Å². The highest BCUT2D eigenvalue weighted by Gasteiger charge is 2.24. The van der Waals surface area contributed by atoms with Crippen LogP contribution < -0.4 is 20.5 Å². The zero-order chi connectivity index (χ0) is 20.4. The zero-order valence-corrected chi connectivity index (χ0v) is 16.7. The molecule has 1 aromatic heterocycles. The molecule has 1 heterocycles. The molecule has 0 saturated carbocycles. The Kier molecular flexibility index (Phi) is 5.25. The second-order valence-corrected chi connectivity index (χ2v) is 7.36. The largest absolute Gasteiger partial charge is 0.493 e. The van der Waals surface area contributed by atoms with E-state index in [0.717, 1.165) is 47.1 Å². The molecular weight excluding hydrogens is 366 g/mol. The molecule has 1 aliphatic rings. The fourth-order valence-electron chi connectivity index (χ4n) is 3.98. The van der Waals surface area contributed by atoms with Gasteiger partial charge in [0.05, 0.1) is 19.7 Å². The fraction of sp³-hybridized carbons (Fsp3) is 0.304. The number of fused-ring (bicyclic) bond motifs is 2. The molecule has 0 radical (unpaired) electrons. The Bertz CT molecular complexity index is 1050. The van der Waals surface area contributed by atoms with Crippen LogP contribution in [0.25, 0.3) is 10.9 Å². The van der Waals surface area contributed by atoms with Crippen molar-refractivity contribution in [3.63, 3.8) is 0 Å². The first-order chi connectivity index (χ1) is 14.1. The number of hydrogen-bond donors (Lipinski definition) is 2. The lowest BCUT2D eigenvalue weighted by Crippen LogP contribution is -2.32. The molecule has 1 atom stereocenters. The molecule has 1 aliphatic carbocycles. The van der Waals surface area contributed by atoms with E-state index in [1.165, 1.54) is 0 Å². The van der Waals surface area contributed by atoms with Gasteiger partial charge in [0.2, 0.25) is 0 Å². The van der Waals surface area contributed by atoms with E-state index in [1.54, 1.807) is 14.2 Å². The molecule has 150 valence electrons. The number of benzene rings is 2. The highest BCUT2D eigenvalue weighted by molar-refractivity contribution is 5.95. The van der Waals surface area contributed by atoms with Crippen molar-refractivity contribution in [1.82, 2.24) is 10.3 Å². The third-order valence-electron chi connectivity index (χ3n) is 5.59. The van der Waals surface area contributed by atoms with Gasteiger partial charge in [-0.15, -0.1) is 0 Å². The van der Waals surface area contributed by atoms with Crippen molar-refractivity contribution in [2.45, 2.75) is 19.3 Å². The number of nitrogens with zero attached hydrogens (tertiary/aromatic N) is 1. The molecule has 1 unspecified atom stereocenters. The van der Waals surface area contributed by atoms with Crippen LogP contribution in [0.4, 0.5) is 5.69 Å². The van der Waals surface area contributed by atoms with E-state index in [0.29, 0.717) is 29.5 Å². The third kappa shape index (κ3) is 3.70. The Morgan fingerprint density at radius 3 is 2.62 bits per heavy atom. The summed E-state index contributed by atoms with van der Waals surface area (Å²) >= 11 is 0. The number of anilines is 1. The number of nitrogen functional groups attached to an aromatic ring is 1. The third-order valence-corrected chi connectivity index (χ3v) is 5.59. The van der Waals surface area contributed by atoms with Crippen LogP contribution in [0, 0.1) is 5.92 Å². The molecular formula is C23H25N3O3. The summed E-state index contributed by atoms with van der Waals surface area (Å²) in [4.78, 5) is 17.2. The van der Waals surface area contributed by atoms with Gasteiger partial charge in [0, 0.05) is 34.9 Å². The maximum Gasteiger partial charge on any atom is 0.251 e. The molecule has 3 aromatic rings. The number of methoxy groups -OCH3 is 2. The van der Waals surface area contributed by atoms with E-state index in [1.807, 2.05) is 42.5 Å². The number of pyridine rings is 1. The summed E-state index contributed by atoms with van der Waals surface area (Å²) in [5, 5.41) is 3.94. The number of rotatable bonds is 5. The fourth-order valence-corrected chi connectivity index (χ4v) is 3.98. The standard InChI is InChI=1S/C23H25N3O3/c1-28-20-11-17-19(12-21(20)29-2)26-18-10-14(8-9-16(18)22(17)24)13-25-23(27)15-6-4-3-5-7-15/h3-7,11-12,14H,8-10,13H2,1-2H3,(H2,24,26)(H,25,27). The molecule has 0 fully saturated rings. The number of nitrogens with one attached hydrogen (secondary N) is 1. The van der Waals surface area contributed by atoms with Crippen molar-refractivity contribution in [3.05, 3.63) is 59.3 Å². The van der Waals surface area contributed by atoms with Gasteiger partial charge in [0.1, 0.15) is 0 Å². The van der Waals surface area contributed by atoms with Crippen LogP contribution in [0.15, 0.2) is 42.5 Å². The first kappa shape index (κ1) is 19.1. The Hall–Kier alpha value is -3.28. The lowest BCUT2D eigenvalue weighted by molar-refractivity contribution is 0.0945. The van der Waals surface area contributed by atoms with Gasteiger partial charge in [-0.05, 0) is 48.9 Å². The van der Waals surface area contributed by atoms with Gasteiger partial charge in [-0.3, -0.25) is 9.78 Å². The Morgan fingerprint density at radius 1 is 1.17 bits per heavy atom. The van der Waals surface area contributed by atoms with Crippen LogP contribution in [-0.2, 0) is 12.8 Å². The summed E-state index contributed by atoms with van der Waals surface area (Å²) in [6.45, 7) is 0.624. The van der Waals surface area contributed by atoms with E-state index in [4.69, 9.17) is 20.2 Å². The molecule has 6 heteroatoms. The van der Waals surface area contributed by atoms with Crippen LogP contribution in [0.2, 0.25) is 0 Å². The van der Waals surface area contributed by atoms with Crippen LogP contribution in [0.3, 0.4) is 0 Å². The lowest BCUT2D eigenvalue weighted by Gasteiger charge is -2.26. The predicted octanol–water partition coefficient (Wildman–Crippen LogP) is 3.37. The maximum atomic E-state index is 12.3. The van der Waals surface area contributed by atoms with Crippen molar-refractivity contribution in [1.29, 1.82) is 0 Å². The smallest absolute Gasteiger partial charge is 0.251 e. The second-order valence-electron chi connectivity index (χ2n) is 7.36. The monoisotopic (exact) mass is 391 g/mol. The first-order valence-electron chi connectivity index (χ1n) is 9.77. The van der Waals surface area contributed by atoms with Crippen molar-refractivity contribution in [3.8, 4) is 11.5 Å². The first-order valence-corrected chi connectivity index (χ1v) is 9.77. The molecule has 29 heavy (non-hydrogen) atoms. The predicted molar refractivity (Wildman–Crippen MR) is 114 cm³/mol. The molecule has 4 rings (SSSR count). The summed E-state index contributed by atoms with van der Waals surface area (Å²) in [6.07, 6.45) is 2.61. The van der Waals surface area contributed by atoms with Crippen LogP contribution >= 0.6 is 0 Å². The summed E-state index contributed by atoms with van der Waals surface area (Å²) in [5.74, 6) is 1.57. The Labute approximate surface area is 170 Å². The summed E-state index contributed by atoms with van der Waals surface area (Å²) in [5.41, 5.74) is 10.8. The van der Waals surface area contributed by atoms with E-state index in [-0.39, 0.29) is 5.91 Å². The van der Waals surface area contributed by atoms with Crippen LogP contribution in [0.1, 0.15) is 28.0 Å². The number of nitrogens with two attached hydrogens (primary N) is 1. The maximum absolute atomic E-state index is 12.3. The molecule has 0 saturated heterocycles. The number of hydrogen-bond acceptors (Lipinski definition) is 5. The second kappa shape index (κ2) is 7.99. The minimum atomic E-state index is -0.0424. The Morgan fingerprint density at radius 2 is 1.90 bits per heavy atom. The summed E-state index contributed by atoms with van der Waals surface area (Å²) in [7, 11) is 3.22. The molecule has 3 N–H and O–H groups in total. The highest BCUT2D eigenvalue weighted by atomic mass is 16.5. The quantitative estimate of drug-likeness (QED) is 0.696. The summed E-state index contributed by atoms with van der Waals surface area (Å²) in [6, 6.07) is 13.0. The average Bonchev–Trinajstić information content (AvgIpc) is 2.77. The van der Waals surface area contributed by atoms with Gasteiger partial charge in [0.15, 0.2) is 11.5 Å². The number of ether oxygens (including phenoxy) is 2. The van der Waals surface area contributed by atoms with E-state index in [2.05, 4.69) is 5.32 Å². The van der Waals surface area contributed by atoms with Gasteiger partial charge >= 0.3 is 0 Å². The molecule has 0 aliphatic heterocycles. The van der Waals surface area contributed by atoms with Gasteiger partial charge < -0.3 is 20.5 Å². The minimum absolute atomic E-state index is 0.0424. The van der Waals surface area contributed by atoms with E-state index in [9.17, 15) is 4.79 Å².